The third-order valence-corrected chi connectivity index (χ3v) is 7.26. The van der Waals surface area contributed by atoms with Gasteiger partial charge in [0, 0.05) is 23.0 Å². The lowest BCUT2D eigenvalue weighted by molar-refractivity contribution is -0.143. The molecule has 34 heavy (non-hydrogen) atoms. The summed E-state index contributed by atoms with van der Waals surface area (Å²) in [7, 11) is 0. The van der Waals surface area contributed by atoms with E-state index in [0.717, 1.165) is 17.5 Å². The maximum Gasteiger partial charge on any atom is 0.247 e. The van der Waals surface area contributed by atoms with Gasteiger partial charge in [0.15, 0.2) is 0 Å². The number of carbonyl (C=O) groups excluding carboxylic acids is 2. The Morgan fingerprint density at radius 1 is 1.06 bits per heavy atom. The van der Waals surface area contributed by atoms with Gasteiger partial charge in [-0.05, 0) is 68.3 Å². The molecule has 0 bridgehead atoms. The fourth-order valence-corrected chi connectivity index (χ4v) is 5.29. The van der Waals surface area contributed by atoms with Crippen molar-refractivity contribution in [2.75, 3.05) is 13.1 Å². The van der Waals surface area contributed by atoms with Crippen LogP contribution in [0.3, 0.4) is 0 Å². The van der Waals surface area contributed by atoms with Gasteiger partial charge in [0.25, 0.3) is 0 Å². The number of benzene rings is 2. The molecule has 1 unspecified atom stereocenters. The van der Waals surface area contributed by atoms with Gasteiger partial charge in [0.05, 0.1) is 6.04 Å². The van der Waals surface area contributed by atoms with Gasteiger partial charge >= 0.3 is 0 Å². The van der Waals surface area contributed by atoms with Gasteiger partial charge in [0.2, 0.25) is 11.8 Å². The van der Waals surface area contributed by atoms with Gasteiger partial charge in [-0.15, -0.1) is 11.3 Å². The minimum atomic E-state index is -0.490. The maximum absolute atomic E-state index is 13.7. The summed E-state index contributed by atoms with van der Waals surface area (Å²) in [6, 6.07) is 20.2. The Labute approximate surface area is 206 Å². The zero-order valence-electron chi connectivity index (χ0n) is 20.3. The molecule has 1 aromatic heterocycles. The van der Waals surface area contributed by atoms with Crippen LogP contribution in [-0.4, -0.2) is 40.2 Å². The van der Waals surface area contributed by atoms with Crippen molar-refractivity contribution in [1.82, 2.24) is 9.80 Å². The van der Waals surface area contributed by atoms with Crippen molar-refractivity contribution in [3.8, 4) is 0 Å². The molecule has 1 atom stereocenters. The van der Waals surface area contributed by atoms with Crippen LogP contribution in [0.4, 0.5) is 0 Å². The van der Waals surface area contributed by atoms with Crippen LogP contribution in [-0.2, 0) is 16.0 Å². The van der Waals surface area contributed by atoms with Crippen molar-refractivity contribution in [2.45, 2.75) is 45.7 Å². The first-order valence-corrected chi connectivity index (χ1v) is 12.6. The van der Waals surface area contributed by atoms with E-state index in [1.165, 1.54) is 16.0 Å². The van der Waals surface area contributed by atoms with Gasteiger partial charge < -0.3 is 9.80 Å². The molecule has 2 amide bonds. The van der Waals surface area contributed by atoms with Crippen molar-refractivity contribution in [3.05, 3.63) is 99.3 Å². The summed E-state index contributed by atoms with van der Waals surface area (Å²) in [6.45, 7) is 8.68. The SMILES string of the molecule is Cc1ccc(C2c3ccsc3CCN2C(=O)CN(C(=O)C=Cc2ccccc2)C(C)(C)C)cc1. The third-order valence-electron chi connectivity index (χ3n) is 6.27. The van der Waals surface area contributed by atoms with Crippen LogP contribution < -0.4 is 0 Å². The van der Waals surface area contributed by atoms with Crippen LogP contribution in [0.1, 0.15) is 53.9 Å². The monoisotopic (exact) mass is 472 g/mol. The first-order valence-electron chi connectivity index (χ1n) is 11.7. The lowest BCUT2D eigenvalue weighted by Crippen LogP contribution is -2.52. The zero-order valence-corrected chi connectivity index (χ0v) is 21.1. The number of thiophene rings is 1. The van der Waals surface area contributed by atoms with Crippen LogP contribution in [0.25, 0.3) is 6.08 Å². The Bertz CT molecular complexity index is 1170. The second-order valence-electron chi connectivity index (χ2n) is 9.79. The minimum absolute atomic E-state index is 0.0289. The number of nitrogens with zero attached hydrogens (tertiary/aromatic N) is 2. The fourth-order valence-electron chi connectivity index (χ4n) is 4.39. The van der Waals surface area contributed by atoms with Crippen molar-refractivity contribution in [3.63, 3.8) is 0 Å². The standard InChI is InChI=1S/C29H32N2O2S/c1-21-10-13-23(14-11-21)28-24-17-19-34-25(24)16-18-30(28)27(33)20-31(29(2,3)4)26(32)15-12-22-8-6-5-7-9-22/h5-15,17,19,28H,16,18,20H2,1-4H3. The molecule has 2 heterocycles. The summed E-state index contributed by atoms with van der Waals surface area (Å²) in [6.07, 6.45) is 4.22. The van der Waals surface area contributed by atoms with E-state index in [9.17, 15) is 9.59 Å². The number of rotatable bonds is 5. The molecule has 0 saturated carbocycles. The predicted octanol–water partition coefficient (Wildman–Crippen LogP) is 5.87. The number of hydrogen-bond donors (Lipinski definition) is 0. The van der Waals surface area contributed by atoms with Crippen molar-refractivity contribution >= 4 is 29.2 Å². The normalized spacial score (nSPS) is 15.9. The highest BCUT2D eigenvalue weighted by molar-refractivity contribution is 7.10. The molecule has 1 aliphatic rings. The highest BCUT2D eigenvalue weighted by Gasteiger charge is 2.35. The number of amides is 2. The molecule has 0 spiro atoms. The number of carbonyl (C=O) groups is 2. The van der Waals surface area contributed by atoms with Gasteiger partial charge in [-0.3, -0.25) is 9.59 Å². The molecular formula is C29H32N2O2S. The molecule has 0 fully saturated rings. The average Bonchev–Trinajstić information content (AvgIpc) is 3.30. The first kappa shape index (κ1) is 24.0. The molecule has 4 nitrogen and oxygen atoms in total. The number of fused-ring (bicyclic) bond motifs is 1. The molecule has 1 aliphatic heterocycles. The molecule has 5 heteroatoms. The van der Waals surface area contributed by atoms with Crippen LogP contribution in [0.5, 0.6) is 0 Å². The Hall–Kier alpha value is -3.18. The molecule has 0 saturated heterocycles. The molecule has 176 valence electrons. The molecule has 0 radical (unpaired) electrons. The van der Waals surface area contributed by atoms with Crippen LogP contribution in [0.15, 0.2) is 72.1 Å². The van der Waals surface area contributed by atoms with Gasteiger partial charge in [0.1, 0.15) is 6.54 Å². The summed E-state index contributed by atoms with van der Waals surface area (Å²) in [4.78, 5) is 31.9. The first-order chi connectivity index (χ1) is 16.2. The van der Waals surface area contributed by atoms with E-state index >= 15 is 0 Å². The van der Waals surface area contributed by atoms with Crippen molar-refractivity contribution in [2.24, 2.45) is 0 Å². The number of hydrogen-bond acceptors (Lipinski definition) is 3. The lowest BCUT2D eigenvalue weighted by atomic mass is 9.92. The van der Waals surface area contributed by atoms with Crippen molar-refractivity contribution < 1.29 is 9.59 Å². The van der Waals surface area contributed by atoms with Gasteiger partial charge in [-0.1, -0.05) is 60.2 Å². The Morgan fingerprint density at radius 2 is 1.76 bits per heavy atom. The molecule has 2 aromatic carbocycles. The predicted molar refractivity (Wildman–Crippen MR) is 140 cm³/mol. The Balaban J connectivity index is 1.59. The van der Waals surface area contributed by atoms with Gasteiger partial charge in [-0.2, -0.15) is 0 Å². The molecule has 0 aliphatic carbocycles. The summed E-state index contributed by atoms with van der Waals surface area (Å²) < 4.78 is 0. The highest BCUT2D eigenvalue weighted by atomic mass is 32.1. The van der Waals surface area contributed by atoms with E-state index < -0.39 is 5.54 Å². The summed E-state index contributed by atoms with van der Waals surface area (Å²) in [5.41, 5.74) is 3.97. The topological polar surface area (TPSA) is 40.6 Å². The van der Waals surface area contributed by atoms with E-state index in [1.807, 2.05) is 56.0 Å². The summed E-state index contributed by atoms with van der Waals surface area (Å²) in [5.74, 6) is -0.191. The Morgan fingerprint density at radius 3 is 2.44 bits per heavy atom. The van der Waals surface area contributed by atoms with E-state index in [0.29, 0.717) is 6.54 Å². The average molecular weight is 473 g/mol. The number of aryl methyl sites for hydroxylation is 1. The molecule has 3 aromatic rings. The summed E-state index contributed by atoms with van der Waals surface area (Å²) in [5, 5.41) is 2.11. The Kier molecular flexibility index (Phi) is 7.03. The van der Waals surface area contributed by atoms with E-state index in [4.69, 9.17) is 0 Å². The minimum Gasteiger partial charge on any atom is -0.330 e. The van der Waals surface area contributed by atoms with Crippen LogP contribution in [0.2, 0.25) is 0 Å². The lowest BCUT2D eigenvalue weighted by Gasteiger charge is -2.40. The largest absolute Gasteiger partial charge is 0.330 e. The van der Waals surface area contributed by atoms with E-state index in [-0.39, 0.29) is 24.4 Å². The molecule has 0 N–H and O–H groups in total. The smallest absolute Gasteiger partial charge is 0.247 e. The van der Waals surface area contributed by atoms with E-state index in [2.05, 4.69) is 42.6 Å². The second-order valence-corrected chi connectivity index (χ2v) is 10.8. The van der Waals surface area contributed by atoms with Crippen LogP contribution >= 0.6 is 11.3 Å². The summed E-state index contributed by atoms with van der Waals surface area (Å²) >= 11 is 1.76. The zero-order chi connectivity index (χ0) is 24.3. The highest BCUT2D eigenvalue weighted by Crippen LogP contribution is 2.38. The van der Waals surface area contributed by atoms with Crippen molar-refractivity contribution in [1.29, 1.82) is 0 Å². The maximum atomic E-state index is 13.7. The molecule has 4 rings (SSSR count). The van der Waals surface area contributed by atoms with E-state index in [1.54, 1.807) is 28.4 Å². The van der Waals surface area contributed by atoms with Gasteiger partial charge in [-0.25, -0.2) is 0 Å². The third kappa shape index (κ3) is 5.31. The second kappa shape index (κ2) is 9.98. The molecular weight excluding hydrogens is 440 g/mol. The fraction of sp³-hybridized carbons (Fsp3) is 0.310. The van der Waals surface area contributed by atoms with Crippen LogP contribution in [0, 0.1) is 6.92 Å². The quantitative estimate of drug-likeness (QED) is 0.436.